The van der Waals surface area contributed by atoms with E-state index in [-0.39, 0.29) is 0 Å². The molecule has 2 heterocycles. The van der Waals surface area contributed by atoms with Crippen LogP contribution in [-0.4, -0.2) is 73.1 Å². The molecule has 2 saturated heterocycles. The fourth-order valence-electron chi connectivity index (χ4n) is 6.28. The third-order valence-corrected chi connectivity index (χ3v) is 8.68. The standard InChI is InChI=1S/C30H61N3/c1-5-9-12-14-17-28(8-4)25-31-21-23-33(24-22-31)30-19-20-32(27-30)26-29(16-11-7-3)18-15-13-10-6-2/h28-30H,5-27H2,1-4H3/t28?,29?,30-/m0/s1. The van der Waals surface area contributed by atoms with Crippen molar-refractivity contribution >= 4 is 0 Å². The first-order valence-corrected chi connectivity index (χ1v) is 15.4. The van der Waals surface area contributed by atoms with Gasteiger partial charge >= 0.3 is 0 Å². The number of rotatable bonds is 19. The maximum absolute atomic E-state index is 2.85. The molecule has 3 atom stereocenters. The number of nitrogens with zero attached hydrogens (tertiary/aromatic N) is 3. The van der Waals surface area contributed by atoms with Crippen LogP contribution in [0.1, 0.15) is 124 Å². The summed E-state index contributed by atoms with van der Waals surface area (Å²) < 4.78 is 0. The summed E-state index contributed by atoms with van der Waals surface area (Å²) in [6.07, 6.45) is 21.3. The SMILES string of the molecule is CCCCCCC(CC)CN1CCN([C@H]2CCN(CC(CCCC)CCCCCC)C2)CC1. The average Bonchev–Trinajstić information content (AvgIpc) is 3.31. The minimum atomic E-state index is 0.829. The lowest BCUT2D eigenvalue weighted by molar-refractivity contribution is 0.0845. The lowest BCUT2D eigenvalue weighted by Crippen LogP contribution is -2.51. The Hall–Kier alpha value is -0.120. The molecule has 0 radical (unpaired) electrons. The Labute approximate surface area is 209 Å². The normalized spacial score (nSPS) is 22.7. The van der Waals surface area contributed by atoms with Crippen molar-refractivity contribution in [2.45, 2.75) is 130 Å². The van der Waals surface area contributed by atoms with E-state index in [0.717, 1.165) is 17.9 Å². The van der Waals surface area contributed by atoms with Crippen LogP contribution in [0.2, 0.25) is 0 Å². The minimum Gasteiger partial charge on any atom is -0.301 e. The second kappa shape index (κ2) is 18.2. The van der Waals surface area contributed by atoms with Gasteiger partial charge in [-0.3, -0.25) is 4.90 Å². The predicted molar refractivity (Wildman–Crippen MR) is 147 cm³/mol. The van der Waals surface area contributed by atoms with Crippen molar-refractivity contribution < 1.29 is 0 Å². The molecule has 0 saturated carbocycles. The van der Waals surface area contributed by atoms with E-state index in [9.17, 15) is 0 Å². The topological polar surface area (TPSA) is 9.72 Å². The van der Waals surface area contributed by atoms with E-state index in [1.165, 1.54) is 149 Å². The van der Waals surface area contributed by atoms with Crippen LogP contribution in [0, 0.1) is 11.8 Å². The molecule has 2 aliphatic rings. The number of unbranched alkanes of at least 4 members (excludes halogenated alkanes) is 7. The van der Waals surface area contributed by atoms with Crippen LogP contribution in [0.4, 0.5) is 0 Å². The second-order valence-corrected chi connectivity index (χ2v) is 11.5. The highest BCUT2D eigenvalue weighted by Gasteiger charge is 2.31. The molecule has 0 N–H and O–H groups in total. The van der Waals surface area contributed by atoms with E-state index < -0.39 is 0 Å². The summed E-state index contributed by atoms with van der Waals surface area (Å²) in [5.41, 5.74) is 0. The zero-order valence-electron chi connectivity index (χ0n) is 23.3. The summed E-state index contributed by atoms with van der Waals surface area (Å²) in [4.78, 5) is 8.47. The summed E-state index contributed by atoms with van der Waals surface area (Å²) in [5, 5.41) is 0. The van der Waals surface area contributed by atoms with Crippen LogP contribution in [0.25, 0.3) is 0 Å². The Morgan fingerprint density at radius 1 is 0.576 bits per heavy atom. The van der Waals surface area contributed by atoms with Crippen LogP contribution >= 0.6 is 0 Å². The average molecular weight is 464 g/mol. The third-order valence-electron chi connectivity index (χ3n) is 8.68. The molecule has 3 heteroatoms. The third kappa shape index (κ3) is 11.9. The van der Waals surface area contributed by atoms with Crippen LogP contribution in [0.3, 0.4) is 0 Å². The van der Waals surface area contributed by atoms with E-state index in [1.807, 2.05) is 0 Å². The molecule has 3 nitrogen and oxygen atoms in total. The minimum absolute atomic E-state index is 0.829. The quantitative estimate of drug-likeness (QED) is 0.184. The van der Waals surface area contributed by atoms with E-state index in [0.29, 0.717) is 0 Å². The lowest BCUT2D eigenvalue weighted by Gasteiger charge is -2.39. The number of hydrogen-bond donors (Lipinski definition) is 0. The molecule has 0 aromatic carbocycles. The Morgan fingerprint density at radius 3 is 1.76 bits per heavy atom. The van der Waals surface area contributed by atoms with Gasteiger partial charge in [0.05, 0.1) is 0 Å². The molecular weight excluding hydrogens is 402 g/mol. The molecule has 2 fully saturated rings. The molecule has 0 spiro atoms. The summed E-state index contributed by atoms with van der Waals surface area (Å²) in [7, 11) is 0. The summed E-state index contributed by atoms with van der Waals surface area (Å²) >= 11 is 0. The highest BCUT2D eigenvalue weighted by Crippen LogP contribution is 2.24. The van der Waals surface area contributed by atoms with Crippen molar-refractivity contribution in [2.24, 2.45) is 11.8 Å². The van der Waals surface area contributed by atoms with Crippen molar-refractivity contribution in [1.82, 2.24) is 14.7 Å². The zero-order valence-corrected chi connectivity index (χ0v) is 23.3. The summed E-state index contributed by atoms with van der Waals surface area (Å²) in [6, 6.07) is 0.829. The monoisotopic (exact) mass is 463 g/mol. The Bertz CT molecular complexity index is 446. The van der Waals surface area contributed by atoms with E-state index >= 15 is 0 Å². The van der Waals surface area contributed by atoms with Crippen molar-refractivity contribution in [3.63, 3.8) is 0 Å². The highest BCUT2D eigenvalue weighted by atomic mass is 15.3. The van der Waals surface area contributed by atoms with E-state index in [4.69, 9.17) is 0 Å². The molecule has 0 bridgehead atoms. The van der Waals surface area contributed by atoms with Gasteiger partial charge in [-0.05, 0) is 44.1 Å². The van der Waals surface area contributed by atoms with Crippen LogP contribution in [0.15, 0.2) is 0 Å². The number of hydrogen-bond acceptors (Lipinski definition) is 3. The molecule has 2 aliphatic heterocycles. The van der Waals surface area contributed by atoms with Gasteiger partial charge in [0.1, 0.15) is 0 Å². The first-order valence-electron chi connectivity index (χ1n) is 15.4. The van der Waals surface area contributed by atoms with Gasteiger partial charge < -0.3 is 9.80 Å². The maximum Gasteiger partial charge on any atom is 0.0236 e. The highest BCUT2D eigenvalue weighted by molar-refractivity contribution is 4.87. The molecule has 0 amide bonds. The molecule has 0 aromatic heterocycles. The van der Waals surface area contributed by atoms with Crippen LogP contribution in [0.5, 0.6) is 0 Å². The van der Waals surface area contributed by atoms with Crippen molar-refractivity contribution in [2.75, 3.05) is 52.4 Å². The molecule has 0 aromatic rings. The number of likely N-dealkylation sites (tertiary alicyclic amines) is 1. The molecule has 2 rings (SSSR count). The van der Waals surface area contributed by atoms with Gasteiger partial charge in [-0.15, -0.1) is 0 Å². The van der Waals surface area contributed by atoms with Crippen molar-refractivity contribution in [3.8, 4) is 0 Å². The van der Waals surface area contributed by atoms with Crippen molar-refractivity contribution in [3.05, 3.63) is 0 Å². The van der Waals surface area contributed by atoms with E-state index in [1.54, 1.807) is 0 Å². The van der Waals surface area contributed by atoms with Gasteiger partial charge in [-0.25, -0.2) is 0 Å². The summed E-state index contributed by atoms with van der Waals surface area (Å²) in [6.45, 7) is 20.0. The lowest BCUT2D eigenvalue weighted by atomic mass is 9.94. The predicted octanol–water partition coefficient (Wildman–Crippen LogP) is 7.45. The molecule has 196 valence electrons. The van der Waals surface area contributed by atoms with Gasteiger partial charge in [0, 0.05) is 51.9 Å². The molecule has 2 unspecified atom stereocenters. The van der Waals surface area contributed by atoms with E-state index in [2.05, 4.69) is 42.4 Å². The summed E-state index contributed by atoms with van der Waals surface area (Å²) in [5.74, 6) is 1.87. The van der Waals surface area contributed by atoms with Gasteiger partial charge in [0.15, 0.2) is 0 Å². The number of piperazine rings is 1. The van der Waals surface area contributed by atoms with Gasteiger partial charge in [0.2, 0.25) is 0 Å². The van der Waals surface area contributed by atoms with Gasteiger partial charge in [-0.1, -0.05) is 98.3 Å². The first kappa shape index (κ1) is 29.1. The second-order valence-electron chi connectivity index (χ2n) is 11.5. The Morgan fingerprint density at radius 2 is 1.15 bits per heavy atom. The van der Waals surface area contributed by atoms with Crippen LogP contribution < -0.4 is 0 Å². The van der Waals surface area contributed by atoms with Crippen LogP contribution in [-0.2, 0) is 0 Å². The smallest absolute Gasteiger partial charge is 0.0236 e. The van der Waals surface area contributed by atoms with Crippen molar-refractivity contribution in [1.29, 1.82) is 0 Å². The van der Waals surface area contributed by atoms with Gasteiger partial charge in [-0.2, -0.15) is 0 Å². The Balaban J connectivity index is 1.67. The first-order chi connectivity index (χ1) is 16.2. The molecular formula is C30H61N3. The maximum atomic E-state index is 2.85. The van der Waals surface area contributed by atoms with Gasteiger partial charge in [0.25, 0.3) is 0 Å². The molecule has 33 heavy (non-hydrogen) atoms. The zero-order chi connectivity index (χ0) is 23.7. The largest absolute Gasteiger partial charge is 0.301 e. The fourth-order valence-corrected chi connectivity index (χ4v) is 6.28. The Kier molecular flexibility index (Phi) is 16.0. The molecule has 0 aliphatic carbocycles. The fraction of sp³-hybridized carbons (Fsp3) is 1.00.